The van der Waals surface area contributed by atoms with Gasteiger partial charge in [-0.1, -0.05) is 60.7 Å². The SMILES string of the molecule is c1ccc2c(c1)Cc1c-2c2c(c3c1c1cnccc1n1c4ccccc4nc31)-c1ccccc1C2. The molecular weight excluding hydrogens is 426 g/mol. The van der Waals surface area contributed by atoms with Gasteiger partial charge in [-0.2, -0.15) is 0 Å². The van der Waals surface area contributed by atoms with Crippen molar-refractivity contribution in [3.05, 3.63) is 114 Å². The molecule has 0 aliphatic heterocycles. The number of imidazole rings is 1. The van der Waals surface area contributed by atoms with Crippen molar-refractivity contribution in [1.82, 2.24) is 14.4 Å². The van der Waals surface area contributed by atoms with Crippen LogP contribution in [0, 0.1) is 0 Å². The number of para-hydroxylation sites is 2. The zero-order valence-electron chi connectivity index (χ0n) is 18.9. The summed E-state index contributed by atoms with van der Waals surface area (Å²) in [6.07, 6.45) is 5.88. The summed E-state index contributed by atoms with van der Waals surface area (Å²) in [4.78, 5) is 9.87. The quantitative estimate of drug-likeness (QED) is 0.229. The molecule has 0 saturated carbocycles. The van der Waals surface area contributed by atoms with Crippen molar-refractivity contribution in [3.8, 4) is 22.3 Å². The number of fused-ring (bicyclic) bond motifs is 17. The van der Waals surface area contributed by atoms with Gasteiger partial charge in [-0.25, -0.2) is 4.98 Å². The van der Waals surface area contributed by atoms with Gasteiger partial charge in [0, 0.05) is 28.6 Å². The first-order valence-electron chi connectivity index (χ1n) is 12.2. The maximum Gasteiger partial charge on any atom is 0.147 e. The molecule has 3 heteroatoms. The second kappa shape index (κ2) is 6.13. The molecule has 0 atom stereocenters. The lowest BCUT2D eigenvalue weighted by molar-refractivity contribution is 1.24. The number of hydrogen-bond acceptors (Lipinski definition) is 2. The van der Waals surface area contributed by atoms with E-state index < -0.39 is 0 Å². The van der Waals surface area contributed by atoms with Crippen LogP contribution in [0.3, 0.4) is 0 Å². The number of pyridine rings is 2. The van der Waals surface area contributed by atoms with Crippen molar-refractivity contribution in [2.24, 2.45) is 0 Å². The van der Waals surface area contributed by atoms with Crippen LogP contribution in [-0.4, -0.2) is 14.4 Å². The van der Waals surface area contributed by atoms with Gasteiger partial charge < -0.3 is 0 Å². The Labute approximate surface area is 201 Å². The molecule has 162 valence electrons. The number of rotatable bonds is 0. The molecule has 0 fully saturated rings. The monoisotopic (exact) mass is 445 g/mol. The van der Waals surface area contributed by atoms with Crippen LogP contribution in [0.2, 0.25) is 0 Å². The third-order valence-corrected chi connectivity index (χ3v) is 8.11. The Morgan fingerprint density at radius 1 is 0.629 bits per heavy atom. The third-order valence-electron chi connectivity index (χ3n) is 8.11. The van der Waals surface area contributed by atoms with Gasteiger partial charge in [-0.15, -0.1) is 0 Å². The Morgan fingerprint density at radius 2 is 1.34 bits per heavy atom. The molecule has 35 heavy (non-hydrogen) atoms. The average Bonchev–Trinajstić information content (AvgIpc) is 3.59. The molecular formula is C32H19N3. The first-order valence-corrected chi connectivity index (χ1v) is 12.2. The zero-order chi connectivity index (χ0) is 22.7. The zero-order valence-corrected chi connectivity index (χ0v) is 18.9. The highest BCUT2D eigenvalue weighted by atomic mass is 15.0. The molecule has 3 nitrogen and oxygen atoms in total. The third kappa shape index (κ3) is 2.08. The van der Waals surface area contributed by atoms with Gasteiger partial charge in [0.05, 0.1) is 16.6 Å². The Bertz CT molecular complexity index is 2060. The largest absolute Gasteiger partial charge is 0.292 e. The van der Waals surface area contributed by atoms with Gasteiger partial charge >= 0.3 is 0 Å². The van der Waals surface area contributed by atoms with Crippen LogP contribution < -0.4 is 0 Å². The summed E-state index contributed by atoms with van der Waals surface area (Å²) in [6, 6.07) is 28.5. The van der Waals surface area contributed by atoms with E-state index in [0.717, 1.165) is 29.5 Å². The predicted molar refractivity (Wildman–Crippen MR) is 142 cm³/mol. The Hall–Kier alpha value is -4.50. The second-order valence-corrected chi connectivity index (χ2v) is 9.78. The van der Waals surface area contributed by atoms with Gasteiger partial charge in [0.15, 0.2) is 0 Å². The van der Waals surface area contributed by atoms with Gasteiger partial charge in [-0.3, -0.25) is 9.38 Å². The minimum atomic E-state index is 0.950. The number of benzene rings is 4. The summed E-state index contributed by atoms with van der Waals surface area (Å²) in [7, 11) is 0. The normalized spacial score (nSPS) is 13.5. The summed E-state index contributed by atoms with van der Waals surface area (Å²) in [5.74, 6) is 0. The lowest BCUT2D eigenvalue weighted by atomic mass is 9.88. The fourth-order valence-corrected chi connectivity index (χ4v) is 6.79. The van der Waals surface area contributed by atoms with E-state index in [0.29, 0.717) is 0 Å². The molecule has 0 saturated heterocycles. The molecule has 3 heterocycles. The van der Waals surface area contributed by atoms with Crippen molar-refractivity contribution in [3.63, 3.8) is 0 Å². The van der Waals surface area contributed by atoms with Crippen molar-refractivity contribution in [2.75, 3.05) is 0 Å². The van der Waals surface area contributed by atoms with Crippen molar-refractivity contribution in [1.29, 1.82) is 0 Å². The van der Waals surface area contributed by atoms with Crippen LogP contribution in [0.25, 0.3) is 60.6 Å². The summed E-state index contributed by atoms with van der Waals surface area (Å²) in [5, 5.41) is 3.79. The molecule has 0 spiro atoms. The molecule has 7 aromatic rings. The predicted octanol–water partition coefficient (Wildman–Crippen LogP) is 7.33. The summed E-state index contributed by atoms with van der Waals surface area (Å²) in [6.45, 7) is 0. The number of aromatic nitrogens is 3. The summed E-state index contributed by atoms with van der Waals surface area (Å²) < 4.78 is 2.35. The highest BCUT2D eigenvalue weighted by Gasteiger charge is 2.33. The van der Waals surface area contributed by atoms with Crippen LogP contribution in [0.5, 0.6) is 0 Å². The molecule has 2 aliphatic rings. The number of nitrogens with zero attached hydrogens (tertiary/aromatic N) is 3. The van der Waals surface area contributed by atoms with E-state index in [1.54, 1.807) is 0 Å². The molecule has 2 aliphatic carbocycles. The Kier molecular flexibility index (Phi) is 3.14. The van der Waals surface area contributed by atoms with E-state index in [1.807, 2.05) is 6.20 Å². The van der Waals surface area contributed by atoms with E-state index in [2.05, 4.69) is 94.4 Å². The van der Waals surface area contributed by atoms with Crippen molar-refractivity contribution < 1.29 is 0 Å². The van der Waals surface area contributed by atoms with E-state index in [1.165, 1.54) is 66.2 Å². The van der Waals surface area contributed by atoms with Crippen molar-refractivity contribution in [2.45, 2.75) is 12.8 Å². The number of hydrogen-bond donors (Lipinski definition) is 0. The lowest BCUT2D eigenvalue weighted by Crippen LogP contribution is -1.99. The first kappa shape index (κ1) is 17.9. The van der Waals surface area contributed by atoms with E-state index in [-0.39, 0.29) is 0 Å². The standard InChI is InChI=1S/C32H19N3/c1-3-9-20-18(7-1)15-23-28(20)22-16-19-8-2-4-10-21(19)29(22)31-30(23)24-17-33-14-13-26(24)35-27-12-6-5-11-25(27)34-32(31)35/h1-14,17H,15-16H2. The van der Waals surface area contributed by atoms with Crippen LogP contribution in [0.4, 0.5) is 0 Å². The minimum Gasteiger partial charge on any atom is -0.292 e. The molecule has 0 bridgehead atoms. The molecule has 9 rings (SSSR count). The molecule has 0 radical (unpaired) electrons. The molecule has 4 aromatic carbocycles. The Balaban J connectivity index is 1.64. The maximum atomic E-state index is 5.26. The highest BCUT2D eigenvalue weighted by molar-refractivity contribution is 6.23. The van der Waals surface area contributed by atoms with Gasteiger partial charge in [0.1, 0.15) is 5.65 Å². The Morgan fingerprint density at radius 3 is 2.20 bits per heavy atom. The maximum absolute atomic E-state index is 5.26. The van der Waals surface area contributed by atoms with Gasteiger partial charge in [0.25, 0.3) is 0 Å². The van der Waals surface area contributed by atoms with Crippen LogP contribution in [-0.2, 0) is 12.8 Å². The highest BCUT2D eigenvalue weighted by Crippen LogP contribution is 2.54. The first-order chi connectivity index (χ1) is 17.4. The fourth-order valence-electron chi connectivity index (χ4n) is 6.79. The average molecular weight is 446 g/mol. The van der Waals surface area contributed by atoms with E-state index in [9.17, 15) is 0 Å². The second-order valence-electron chi connectivity index (χ2n) is 9.78. The molecule has 0 N–H and O–H groups in total. The van der Waals surface area contributed by atoms with Gasteiger partial charge in [0.2, 0.25) is 0 Å². The topological polar surface area (TPSA) is 30.2 Å². The fraction of sp³-hybridized carbons (Fsp3) is 0.0625. The molecule has 0 amide bonds. The summed E-state index contributed by atoms with van der Waals surface area (Å²) >= 11 is 0. The lowest BCUT2D eigenvalue weighted by Gasteiger charge is -2.18. The van der Waals surface area contributed by atoms with E-state index in [4.69, 9.17) is 4.98 Å². The van der Waals surface area contributed by atoms with Crippen LogP contribution >= 0.6 is 0 Å². The van der Waals surface area contributed by atoms with Crippen LogP contribution in [0.15, 0.2) is 91.3 Å². The summed E-state index contributed by atoms with van der Waals surface area (Å²) in [5.41, 5.74) is 15.6. The van der Waals surface area contributed by atoms with Crippen molar-refractivity contribution >= 4 is 38.4 Å². The molecule has 0 unspecified atom stereocenters. The smallest absolute Gasteiger partial charge is 0.147 e. The van der Waals surface area contributed by atoms with Crippen LogP contribution in [0.1, 0.15) is 22.3 Å². The minimum absolute atomic E-state index is 0.950. The van der Waals surface area contributed by atoms with Gasteiger partial charge in [-0.05, 0) is 75.5 Å². The van der Waals surface area contributed by atoms with E-state index >= 15 is 0 Å². The molecule has 3 aromatic heterocycles.